The number of hydrogen-bond acceptors (Lipinski definition) is 5. The molecule has 3 N–H and O–H groups in total. The Hall–Kier alpha value is -1.04. The molecule has 0 fully saturated rings. The summed E-state index contributed by atoms with van der Waals surface area (Å²) >= 11 is 0. The Morgan fingerprint density at radius 3 is 2.67 bits per heavy atom. The first kappa shape index (κ1) is 12.0. The zero-order valence-corrected chi connectivity index (χ0v) is 9.18. The number of nitrogens with one attached hydrogen (secondary N) is 1. The molecule has 1 heterocycles. The van der Waals surface area contributed by atoms with Crippen LogP contribution in [0.1, 0.15) is 24.9 Å². The van der Waals surface area contributed by atoms with Crippen molar-refractivity contribution in [1.82, 2.24) is 15.4 Å². The van der Waals surface area contributed by atoms with E-state index in [1.54, 1.807) is 19.5 Å². The second kappa shape index (κ2) is 6.44. The highest BCUT2D eigenvalue weighted by atomic mass is 16.5. The number of hydrazine groups is 1. The standard InChI is InChI=1S/C10H18N4O/c1-8(6-15-2)3-10(14-11)9-4-12-7-13-5-9/h4-5,7-8,10,14H,3,6,11H2,1-2H3. The summed E-state index contributed by atoms with van der Waals surface area (Å²) in [4.78, 5) is 7.94. The van der Waals surface area contributed by atoms with Crippen molar-refractivity contribution in [3.63, 3.8) is 0 Å². The molecule has 2 unspecified atom stereocenters. The van der Waals surface area contributed by atoms with E-state index in [2.05, 4.69) is 22.3 Å². The molecule has 84 valence electrons. The highest BCUT2D eigenvalue weighted by Gasteiger charge is 2.14. The van der Waals surface area contributed by atoms with Gasteiger partial charge in [-0.1, -0.05) is 6.92 Å². The van der Waals surface area contributed by atoms with Crippen molar-refractivity contribution in [1.29, 1.82) is 0 Å². The average molecular weight is 210 g/mol. The summed E-state index contributed by atoms with van der Waals surface area (Å²) in [6, 6.07) is 0.0800. The number of ether oxygens (including phenoxy) is 1. The molecular formula is C10H18N4O. The molecule has 0 spiro atoms. The Labute approximate surface area is 90.0 Å². The second-order valence-electron chi connectivity index (χ2n) is 3.69. The quantitative estimate of drug-likeness (QED) is 0.533. The fraction of sp³-hybridized carbons (Fsp3) is 0.600. The lowest BCUT2D eigenvalue weighted by molar-refractivity contribution is 0.149. The van der Waals surface area contributed by atoms with E-state index in [0.717, 1.165) is 18.6 Å². The summed E-state index contributed by atoms with van der Waals surface area (Å²) in [7, 11) is 1.70. The molecule has 0 bridgehead atoms. The Morgan fingerprint density at radius 2 is 2.13 bits per heavy atom. The molecule has 0 saturated carbocycles. The van der Waals surface area contributed by atoms with Crippen LogP contribution in [-0.4, -0.2) is 23.7 Å². The van der Waals surface area contributed by atoms with Crippen molar-refractivity contribution in [2.24, 2.45) is 11.8 Å². The number of aromatic nitrogens is 2. The molecule has 0 aliphatic carbocycles. The van der Waals surface area contributed by atoms with E-state index in [1.807, 2.05) is 0 Å². The Balaban J connectivity index is 2.56. The number of methoxy groups -OCH3 is 1. The molecule has 0 aliphatic heterocycles. The van der Waals surface area contributed by atoms with Crippen LogP contribution in [0.25, 0.3) is 0 Å². The molecule has 0 amide bonds. The summed E-state index contributed by atoms with van der Waals surface area (Å²) in [5.41, 5.74) is 3.77. The minimum absolute atomic E-state index is 0.0800. The van der Waals surface area contributed by atoms with Crippen molar-refractivity contribution in [3.8, 4) is 0 Å². The van der Waals surface area contributed by atoms with E-state index in [4.69, 9.17) is 10.6 Å². The van der Waals surface area contributed by atoms with Crippen molar-refractivity contribution in [2.45, 2.75) is 19.4 Å². The second-order valence-corrected chi connectivity index (χ2v) is 3.69. The van der Waals surface area contributed by atoms with E-state index in [0.29, 0.717) is 5.92 Å². The molecule has 1 aromatic heterocycles. The van der Waals surface area contributed by atoms with Gasteiger partial charge < -0.3 is 4.74 Å². The monoisotopic (exact) mass is 210 g/mol. The third-order valence-electron chi connectivity index (χ3n) is 2.27. The van der Waals surface area contributed by atoms with Crippen molar-refractivity contribution in [3.05, 3.63) is 24.3 Å². The number of rotatable bonds is 6. The average Bonchev–Trinajstić information content (AvgIpc) is 2.27. The predicted octanol–water partition coefficient (Wildman–Crippen LogP) is 0.654. The van der Waals surface area contributed by atoms with Crippen LogP contribution in [0.15, 0.2) is 18.7 Å². The maximum absolute atomic E-state index is 5.50. The van der Waals surface area contributed by atoms with E-state index >= 15 is 0 Å². The molecule has 0 aromatic carbocycles. The molecule has 15 heavy (non-hydrogen) atoms. The SMILES string of the molecule is COCC(C)CC(NN)c1cncnc1. The maximum atomic E-state index is 5.50. The van der Waals surface area contributed by atoms with Crippen LogP contribution < -0.4 is 11.3 Å². The molecule has 5 heteroatoms. The van der Waals surface area contributed by atoms with Crippen LogP contribution in [0.5, 0.6) is 0 Å². The molecule has 0 aliphatic rings. The van der Waals surface area contributed by atoms with Gasteiger partial charge in [-0.2, -0.15) is 0 Å². The molecule has 2 atom stereocenters. The van der Waals surface area contributed by atoms with Gasteiger partial charge in [0, 0.05) is 37.7 Å². The van der Waals surface area contributed by atoms with Crippen LogP contribution in [0.2, 0.25) is 0 Å². The van der Waals surface area contributed by atoms with Gasteiger partial charge in [-0.25, -0.2) is 9.97 Å². The predicted molar refractivity (Wildman–Crippen MR) is 57.8 cm³/mol. The summed E-state index contributed by atoms with van der Waals surface area (Å²) in [6.07, 6.45) is 5.96. The summed E-state index contributed by atoms with van der Waals surface area (Å²) in [5.74, 6) is 5.94. The van der Waals surface area contributed by atoms with Crippen molar-refractivity contribution < 1.29 is 4.74 Å². The topological polar surface area (TPSA) is 73.1 Å². The molecule has 1 rings (SSSR count). The summed E-state index contributed by atoms with van der Waals surface area (Å²) in [5, 5.41) is 0. The van der Waals surface area contributed by atoms with Gasteiger partial charge in [0.25, 0.3) is 0 Å². The highest BCUT2D eigenvalue weighted by Crippen LogP contribution is 2.19. The van der Waals surface area contributed by atoms with Crippen LogP contribution in [0.3, 0.4) is 0 Å². The lowest BCUT2D eigenvalue weighted by Gasteiger charge is -2.19. The Morgan fingerprint density at radius 1 is 1.47 bits per heavy atom. The minimum atomic E-state index is 0.0800. The molecule has 0 radical (unpaired) electrons. The third-order valence-corrected chi connectivity index (χ3v) is 2.27. The zero-order chi connectivity index (χ0) is 11.1. The van der Waals surface area contributed by atoms with Crippen LogP contribution in [0, 0.1) is 5.92 Å². The normalized spacial score (nSPS) is 14.9. The molecule has 0 saturated heterocycles. The zero-order valence-electron chi connectivity index (χ0n) is 9.18. The lowest BCUT2D eigenvalue weighted by atomic mass is 9.99. The van der Waals surface area contributed by atoms with Gasteiger partial charge in [-0.3, -0.25) is 11.3 Å². The van der Waals surface area contributed by atoms with Gasteiger partial charge >= 0.3 is 0 Å². The minimum Gasteiger partial charge on any atom is -0.384 e. The first-order valence-corrected chi connectivity index (χ1v) is 4.98. The number of hydrogen-bond donors (Lipinski definition) is 2. The fourth-order valence-corrected chi connectivity index (χ4v) is 1.55. The van der Waals surface area contributed by atoms with E-state index in [9.17, 15) is 0 Å². The van der Waals surface area contributed by atoms with Gasteiger partial charge in [0.2, 0.25) is 0 Å². The highest BCUT2D eigenvalue weighted by molar-refractivity contribution is 5.08. The number of nitrogens with two attached hydrogens (primary N) is 1. The van der Waals surface area contributed by atoms with E-state index < -0.39 is 0 Å². The first-order chi connectivity index (χ1) is 7.27. The van der Waals surface area contributed by atoms with E-state index in [1.165, 1.54) is 6.33 Å². The van der Waals surface area contributed by atoms with Gasteiger partial charge in [0.05, 0.1) is 0 Å². The lowest BCUT2D eigenvalue weighted by Crippen LogP contribution is -2.30. The van der Waals surface area contributed by atoms with Crippen LogP contribution in [-0.2, 0) is 4.74 Å². The summed E-state index contributed by atoms with van der Waals surface area (Å²) in [6.45, 7) is 2.85. The molecule has 5 nitrogen and oxygen atoms in total. The largest absolute Gasteiger partial charge is 0.384 e. The van der Waals surface area contributed by atoms with E-state index in [-0.39, 0.29) is 6.04 Å². The van der Waals surface area contributed by atoms with Crippen molar-refractivity contribution >= 4 is 0 Å². The molecular weight excluding hydrogens is 192 g/mol. The smallest absolute Gasteiger partial charge is 0.115 e. The van der Waals surface area contributed by atoms with Gasteiger partial charge in [0.15, 0.2) is 0 Å². The van der Waals surface area contributed by atoms with Crippen LogP contribution in [0.4, 0.5) is 0 Å². The Bertz CT molecular complexity index is 267. The van der Waals surface area contributed by atoms with Crippen molar-refractivity contribution in [2.75, 3.05) is 13.7 Å². The Kier molecular flexibility index (Phi) is 5.17. The first-order valence-electron chi connectivity index (χ1n) is 4.98. The maximum Gasteiger partial charge on any atom is 0.115 e. The number of nitrogens with zero attached hydrogens (tertiary/aromatic N) is 2. The fourth-order valence-electron chi connectivity index (χ4n) is 1.55. The van der Waals surface area contributed by atoms with Gasteiger partial charge in [-0.15, -0.1) is 0 Å². The third kappa shape index (κ3) is 3.91. The molecule has 1 aromatic rings. The summed E-state index contributed by atoms with van der Waals surface area (Å²) < 4.78 is 5.09. The van der Waals surface area contributed by atoms with Crippen LogP contribution >= 0.6 is 0 Å². The van der Waals surface area contributed by atoms with Gasteiger partial charge in [0.1, 0.15) is 6.33 Å². The van der Waals surface area contributed by atoms with Gasteiger partial charge in [-0.05, 0) is 12.3 Å².